The number of aromatic nitrogens is 1. The van der Waals surface area contributed by atoms with Crippen molar-refractivity contribution in [3.05, 3.63) is 27.1 Å². The third-order valence-corrected chi connectivity index (χ3v) is 3.39. The van der Waals surface area contributed by atoms with Crippen LogP contribution in [-0.2, 0) is 0 Å². The van der Waals surface area contributed by atoms with Gasteiger partial charge in [0.15, 0.2) is 0 Å². The highest BCUT2D eigenvalue weighted by molar-refractivity contribution is 9.10. The highest BCUT2D eigenvalue weighted by Crippen LogP contribution is 2.29. The van der Waals surface area contributed by atoms with Gasteiger partial charge in [0.05, 0.1) is 14.7 Å². The zero-order chi connectivity index (χ0) is 7.84. The van der Waals surface area contributed by atoms with E-state index >= 15 is 0 Å². The van der Waals surface area contributed by atoms with E-state index in [1.165, 1.54) is 0 Å². The van der Waals surface area contributed by atoms with Crippen LogP contribution in [0.1, 0.15) is 0 Å². The van der Waals surface area contributed by atoms with Crippen LogP contribution in [0, 0.1) is 0 Å². The van der Waals surface area contributed by atoms with E-state index in [1.807, 2.05) is 11.4 Å². The third-order valence-electron chi connectivity index (χ3n) is 1.34. The number of pyridine rings is 1. The van der Waals surface area contributed by atoms with Crippen molar-refractivity contribution < 1.29 is 0 Å². The van der Waals surface area contributed by atoms with E-state index in [1.54, 1.807) is 17.4 Å². The van der Waals surface area contributed by atoms with Crippen LogP contribution in [-0.4, -0.2) is 4.98 Å². The minimum Gasteiger partial charge on any atom is -0.234 e. The fourth-order valence-electron chi connectivity index (χ4n) is 0.860. The van der Waals surface area contributed by atoms with Gasteiger partial charge >= 0.3 is 0 Å². The van der Waals surface area contributed by atoms with Crippen LogP contribution in [0.15, 0.2) is 22.0 Å². The molecule has 2 aromatic heterocycles. The van der Waals surface area contributed by atoms with Crippen molar-refractivity contribution in [2.75, 3.05) is 0 Å². The quantitative estimate of drug-likeness (QED) is 0.648. The first kappa shape index (κ1) is 7.53. The first-order valence-corrected chi connectivity index (χ1v) is 5.01. The fraction of sp³-hybridized carbons (Fsp3) is 0. The molecule has 0 atom stereocenters. The summed E-state index contributed by atoms with van der Waals surface area (Å²) in [5.41, 5.74) is 0.947. The highest BCUT2D eigenvalue weighted by Gasteiger charge is 2.01. The van der Waals surface area contributed by atoms with Gasteiger partial charge in [0, 0.05) is 5.38 Å². The van der Waals surface area contributed by atoms with Crippen molar-refractivity contribution in [3.8, 4) is 0 Å². The van der Waals surface area contributed by atoms with Gasteiger partial charge in [0.2, 0.25) is 0 Å². The topological polar surface area (TPSA) is 12.9 Å². The maximum Gasteiger partial charge on any atom is 0.129 e. The maximum absolute atomic E-state index is 5.72. The standard InChI is InChI=1S/C7H3BrClNS/c8-4-3-11-5-1-2-6(9)10-7(4)5/h1-3H. The van der Waals surface area contributed by atoms with Crippen LogP contribution in [0.4, 0.5) is 0 Å². The van der Waals surface area contributed by atoms with Crippen LogP contribution in [0.5, 0.6) is 0 Å². The molecule has 11 heavy (non-hydrogen) atoms. The lowest BCUT2D eigenvalue weighted by Gasteiger charge is -1.89. The number of hydrogen-bond acceptors (Lipinski definition) is 2. The molecule has 0 unspecified atom stereocenters. The number of fused-ring (bicyclic) bond motifs is 1. The van der Waals surface area contributed by atoms with Gasteiger partial charge in [-0.1, -0.05) is 11.6 Å². The molecule has 0 spiro atoms. The van der Waals surface area contributed by atoms with Crippen LogP contribution in [0.3, 0.4) is 0 Å². The van der Waals surface area contributed by atoms with Gasteiger partial charge in [0.1, 0.15) is 5.15 Å². The maximum atomic E-state index is 5.72. The molecule has 0 N–H and O–H groups in total. The molecule has 2 aromatic rings. The summed E-state index contributed by atoms with van der Waals surface area (Å²) in [6.07, 6.45) is 0. The lowest BCUT2D eigenvalue weighted by molar-refractivity contribution is 1.42. The molecule has 0 saturated carbocycles. The second kappa shape index (κ2) is 2.73. The molecule has 0 fully saturated rings. The van der Waals surface area contributed by atoms with Crippen molar-refractivity contribution in [2.45, 2.75) is 0 Å². The lowest BCUT2D eigenvalue weighted by Crippen LogP contribution is -1.73. The molecule has 0 bridgehead atoms. The Morgan fingerprint density at radius 3 is 3.09 bits per heavy atom. The van der Waals surface area contributed by atoms with Crippen molar-refractivity contribution >= 4 is 49.1 Å². The number of halogens is 2. The molecular formula is C7H3BrClNS. The Balaban J connectivity index is 2.87. The summed E-state index contributed by atoms with van der Waals surface area (Å²) in [5.74, 6) is 0. The molecule has 56 valence electrons. The summed E-state index contributed by atoms with van der Waals surface area (Å²) in [6.45, 7) is 0. The average molecular weight is 249 g/mol. The number of rotatable bonds is 0. The van der Waals surface area contributed by atoms with Crippen LogP contribution < -0.4 is 0 Å². The van der Waals surface area contributed by atoms with E-state index in [0.29, 0.717) is 5.15 Å². The van der Waals surface area contributed by atoms with Gasteiger partial charge in [0.25, 0.3) is 0 Å². The van der Waals surface area contributed by atoms with E-state index < -0.39 is 0 Å². The molecular weight excluding hydrogens is 246 g/mol. The van der Waals surface area contributed by atoms with E-state index in [0.717, 1.165) is 14.7 Å². The van der Waals surface area contributed by atoms with Gasteiger partial charge < -0.3 is 0 Å². The van der Waals surface area contributed by atoms with Crippen molar-refractivity contribution in [1.82, 2.24) is 4.98 Å². The number of thiophene rings is 1. The molecule has 1 nitrogen and oxygen atoms in total. The van der Waals surface area contributed by atoms with E-state index in [-0.39, 0.29) is 0 Å². The van der Waals surface area contributed by atoms with Crippen LogP contribution in [0.25, 0.3) is 10.2 Å². The van der Waals surface area contributed by atoms with Crippen LogP contribution in [0.2, 0.25) is 5.15 Å². The highest BCUT2D eigenvalue weighted by atomic mass is 79.9. The van der Waals surface area contributed by atoms with Gasteiger partial charge in [-0.15, -0.1) is 11.3 Å². The Morgan fingerprint density at radius 1 is 1.45 bits per heavy atom. The molecule has 0 aromatic carbocycles. The molecule has 0 aliphatic carbocycles. The van der Waals surface area contributed by atoms with Gasteiger partial charge in [-0.05, 0) is 28.1 Å². The molecule has 0 saturated heterocycles. The average Bonchev–Trinajstić information content (AvgIpc) is 2.33. The summed E-state index contributed by atoms with van der Waals surface area (Å²) in [7, 11) is 0. The van der Waals surface area contributed by atoms with Crippen molar-refractivity contribution in [2.24, 2.45) is 0 Å². The Bertz CT molecular complexity index is 398. The molecule has 0 aliphatic heterocycles. The normalized spacial score (nSPS) is 10.7. The van der Waals surface area contributed by atoms with Gasteiger partial charge in [-0.2, -0.15) is 0 Å². The summed E-state index contributed by atoms with van der Waals surface area (Å²) >= 11 is 10.8. The van der Waals surface area contributed by atoms with E-state index in [2.05, 4.69) is 20.9 Å². The fourth-order valence-corrected chi connectivity index (χ4v) is 2.48. The Hall–Kier alpha value is -0.120. The van der Waals surface area contributed by atoms with Gasteiger partial charge in [-0.25, -0.2) is 4.98 Å². The monoisotopic (exact) mass is 247 g/mol. The smallest absolute Gasteiger partial charge is 0.129 e. The summed E-state index contributed by atoms with van der Waals surface area (Å²) < 4.78 is 2.17. The minimum absolute atomic E-state index is 0.539. The molecule has 0 amide bonds. The Labute approximate surface area is 81.1 Å². The van der Waals surface area contributed by atoms with Gasteiger partial charge in [-0.3, -0.25) is 0 Å². The van der Waals surface area contributed by atoms with Crippen molar-refractivity contribution in [3.63, 3.8) is 0 Å². The lowest BCUT2D eigenvalue weighted by atomic mass is 10.4. The zero-order valence-corrected chi connectivity index (χ0v) is 8.50. The molecule has 2 rings (SSSR count). The summed E-state index contributed by atoms with van der Waals surface area (Å²) in [6, 6.07) is 3.77. The molecule has 0 aliphatic rings. The largest absolute Gasteiger partial charge is 0.234 e. The third kappa shape index (κ3) is 1.28. The Morgan fingerprint density at radius 2 is 2.27 bits per heavy atom. The number of hydrogen-bond donors (Lipinski definition) is 0. The second-order valence-electron chi connectivity index (χ2n) is 2.06. The SMILES string of the molecule is Clc1ccc2scc(Br)c2n1. The predicted octanol–water partition coefficient (Wildman–Crippen LogP) is 3.71. The first-order valence-electron chi connectivity index (χ1n) is 2.96. The second-order valence-corrected chi connectivity index (χ2v) is 4.22. The van der Waals surface area contributed by atoms with Crippen molar-refractivity contribution in [1.29, 1.82) is 0 Å². The van der Waals surface area contributed by atoms with E-state index in [9.17, 15) is 0 Å². The van der Waals surface area contributed by atoms with E-state index in [4.69, 9.17) is 11.6 Å². The number of nitrogens with zero attached hydrogens (tertiary/aromatic N) is 1. The zero-order valence-electron chi connectivity index (χ0n) is 5.34. The first-order chi connectivity index (χ1) is 5.27. The summed E-state index contributed by atoms with van der Waals surface area (Å²) in [4.78, 5) is 4.16. The molecule has 0 radical (unpaired) electrons. The Kier molecular flexibility index (Phi) is 1.87. The predicted molar refractivity (Wildman–Crippen MR) is 52.3 cm³/mol. The summed E-state index contributed by atoms with van der Waals surface area (Å²) in [5, 5.41) is 2.55. The van der Waals surface area contributed by atoms with Crippen LogP contribution >= 0.6 is 38.9 Å². The molecule has 2 heterocycles. The molecule has 4 heteroatoms. The minimum atomic E-state index is 0.539.